The normalized spacial score (nSPS) is 12.5. The van der Waals surface area contributed by atoms with Gasteiger partial charge in [0.2, 0.25) is 5.16 Å². The Hall–Kier alpha value is -3.17. The third-order valence-corrected chi connectivity index (χ3v) is 6.18. The van der Waals surface area contributed by atoms with E-state index in [1.54, 1.807) is 53.1 Å². The van der Waals surface area contributed by atoms with Crippen LogP contribution >= 0.6 is 11.6 Å². The molecule has 0 N–H and O–H groups in total. The predicted molar refractivity (Wildman–Crippen MR) is 119 cm³/mol. The van der Waals surface area contributed by atoms with Crippen LogP contribution in [0.4, 0.5) is 13.2 Å². The number of aromatic nitrogens is 3. The molecular weight excluding hydrogens is 475 g/mol. The predicted octanol–water partition coefficient (Wildman–Crippen LogP) is 5.83. The zero-order valence-corrected chi connectivity index (χ0v) is 18.6. The van der Waals surface area contributed by atoms with Gasteiger partial charge in [-0.3, -0.25) is 8.78 Å². The van der Waals surface area contributed by atoms with Crippen molar-refractivity contribution in [2.24, 2.45) is 0 Å². The highest BCUT2D eigenvalue weighted by atomic mass is 35.5. The first-order chi connectivity index (χ1) is 15.8. The summed E-state index contributed by atoms with van der Waals surface area (Å²) in [6.07, 6.45) is -4.48. The molecule has 3 aromatic carbocycles. The molecule has 1 aromatic heterocycles. The first kappa shape index (κ1) is 23.0. The largest absolute Gasteiger partial charge is 0.486 e. The van der Waals surface area contributed by atoms with Crippen LogP contribution in [-0.4, -0.2) is 19.0 Å². The van der Waals surface area contributed by atoms with Crippen molar-refractivity contribution in [1.82, 2.24) is 14.8 Å². The summed E-state index contributed by atoms with van der Waals surface area (Å²) in [5.41, 5.74) is 0.654. The van der Waals surface area contributed by atoms with Gasteiger partial charge in [0.25, 0.3) is 0 Å². The second kappa shape index (κ2) is 9.76. The van der Waals surface area contributed by atoms with Gasteiger partial charge in [-0.2, -0.15) is 13.2 Å². The van der Waals surface area contributed by atoms with Crippen LogP contribution in [0.5, 0.6) is 5.75 Å². The summed E-state index contributed by atoms with van der Waals surface area (Å²) in [4.78, 5) is 0. The fraction of sp³-hybridized carbons (Fsp3) is 0.130. The Bertz CT molecular complexity index is 1260. The molecule has 1 atom stereocenters. The van der Waals surface area contributed by atoms with Gasteiger partial charge in [0.05, 0.1) is 22.1 Å². The van der Waals surface area contributed by atoms with E-state index in [1.807, 2.05) is 6.07 Å². The molecule has 1 heterocycles. The quantitative estimate of drug-likeness (QED) is 0.326. The van der Waals surface area contributed by atoms with Crippen LogP contribution in [0.1, 0.15) is 17.0 Å². The molecule has 0 amide bonds. The molecule has 0 bridgehead atoms. The number of hydrogen-bond acceptors (Lipinski definition) is 4. The smallest absolute Gasteiger partial charge is 0.416 e. The van der Waals surface area contributed by atoms with E-state index in [9.17, 15) is 17.4 Å². The van der Waals surface area contributed by atoms with Crippen molar-refractivity contribution in [3.8, 4) is 11.4 Å². The number of nitrogens with zero attached hydrogens (tertiary/aromatic N) is 3. The Kier molecular flexibility index (Phi) is 6.80. The summed E-state index contributed by atoms with van der Waals surface area (Å²) in [5, 5.41) is 8.99. The maximum Gasteiger partial charge on any atom is 0.416 e. The van der Waals surface area contributed by atoms with Gasteiger partial charge in [-0.05, 0) is 48.0 Å². The average Bonchev–Trinajstić information content (AvgIpc) is 3.23. The van der Waals surface area contributed by atoms with Gasteiger partial charge in [0.1, 0.15) is 12.4 Å². The summed E-state index contributed by atoms with van der Waals surface area (Å²) >= 11 is 5.92. The zero-order valence-electron chi connectivity index (χ0n) is 17.0. The summed E-state index contributed by atoms with van der Waals surface area (Å²) in [6.45, 7) is -0.165. The summed E-state index contributed by atoms with van der Waals surface area (Å²) < 4.78 is 59.3. The lowest BCUT2D eigenvalue weighted by Gasteiger charge is -2.12. The van der Waals surface area contributed by atoms with E-state index in [1.165, 1.54) is 12.1 Å². The molecule has 0 spiro atoms. The Balaban J connectivity index is 1.62. The van der Waals surface area contributed by atoms with Crippen molar-refractivity contribution in [1.29, 1.82) is 0 Å². The van der Waals surface area contributed by atoms with E-state index in [4.69, 9.17) is 16.3 Å². The van der Waals surface area contributed by atoms with E-state index in [0.717, 1.165) is 17.7 Å². The Morgan fingerprint density at radius 1 is 0.939 bits per heavy atom. The van der Waals surface area contributed by atoms with E-state index < -0.39 is 22.5 Å². The minimum absolute atomic E-state index is 0.0382. The first-order valence-electron chi connectivity index (χ1n) is 9.74. The number of rotatable bonds is 7. The molecule has 0 saturated carbocycles. The number of para-hydroxylation sites is 1. The van der Waals surface area contributed by atoms with Crippen molar-refractivity contribution in [3.05, 3.63) is 101 Å². The third kappa shape index (κ3) is 5.61. The van der Waals surface area contributed by atoms with Gasteiger partial charge < -0.3 is 4.74 Å². The van der Waals surface area contributed by atoms with Crippen molar-refractivity contribution < 1.29 is 22.1 Å². The zero-order chi connectivity index (χ0) is 23.4. The van der Waals surface area contributed by atoms with Crippen LogP contribution < -0.4 is 4.74 Å². The Morgan fingerprint density at radius 2 is 1.67 bits per heavy atom. The topological polar surface area (TPSA) is 57.0 Å². The second-order valence-corrected chi connectivity index (χ2v) is 8.78. The van der Waals surface area contributed by atoms with Crippen LogP contribution in [-0.2, 0) is 29.3 Å². The van der Waals surface area contributed by atoms with E-state index in [0.29, 0.717) is 16.5 Å². The second-order valence-electron chi connectivity index (χ2n) is 7.00. The minimum atomic E-state index is -4.48. The van der Waals surface area contributed by atoms with E-state index in [-0.39, 0.29) is 23.3 Å². The van der Waals surface area contributed by atoms with E-state index in [2.05, 4.69) is 10.2 Å². The average molecular weight is 492 g/mol. The standard InChI is InChI=1S/C23H17ClF3N3O2S/c24-18-11-9-16(10-12-18)15-33(31)22-29-28-21(30(22)19-6-2-1-3-7-19)14-32-20-8-4-5-17(13-20)23(25,26)27/h1-13H,14-15H2. The van der Waals surface area contributed by atoms with Crippen molar-refractivity contribution >= 4 is 22.4 Å². The lowest BCUT2D eigenvalue weighted by molar-refractivity contribution is -0.137. The first-order valence-corrected chi connectivity index (χ1v) is 11.4. The van der Waals surface area contributed by atoms with Crippen LogP contribution in [0.2, 0.25) is 5.02 Å². The molecule has 0 fully saturated rings. The molecule has 0 aliphatic heterocycles. The number of halogens is 4. The molecule has 33 heavy (non-hydrogen) atoms. The molecular formula is C23H17ClF3N3O2S. The fourth-order valence-electron chi connectivity index (χ4n) is 3.08. The van der Waals surface area contributed by atoms with Crippen molar-refractivity contribution in [3.63, 3.8) is 0 Å². The molecule has 0 aliphatic carbocycles. The third-order valence-electron chi connectivity index (χ3n) is 4.66. The Morgan fingerprint density at radius 3 is 2.36 bits per heavy atom. The summed E-state index contributed by atoms with van der Waals surface area (Å²) in [7, 11) is -1.55. The molecule has 170 valence electrons. The lowest BCUT2D eigenvalue weighted by Crippen LogP contribution is -2.11. The number of ether oxygens (including phenoxy) is 1. The molecule has 1 unspecified atom stereocenters. The highest BCUT2D eigenvalue weighted by Gasteiger charge is 2.30. The maximum absolute atomic E-state index is 13.1. The van der Waals surface area contributed by atoms with E-state index >= 15 is 0 Å². The molecule has 0 aliphatic rings. The van der Waals surface area contributed by atoms with Gasteiger partial charge >= 0.3 is 6.18 Å². The van der Waals surface area contributed by atoms with Gasteiger partial charge in [-0.1, -0.05) is 48.0 Å². The summed E-state index contributed by atoms with van der Waals surface area (Å²) in [6, 6.07) is 20.6. The fourth-order valence-corrected chi connectivity index (χ4v) is 4.38. The molecule has 10 heteroatoms. The van der Waals surface area contributed by atoms with Gasteiger partial charge in [-0.25, -0.2) is 0 Å². The number of benzene rings is 3. The van der Waals surface area contributed by atoms with Crippen molar-refractivity contribution in [2.75, 3.05) is 0 Å². The van der Waals surface area contributed by atoms with Crippen molar-refractivity contribution in [2.45, 2.75) is 23.7 Å². The number of hydrogen-bond donors (Lipinski definition) is 0. The van der Waals surface area contributed by atoms with Gasteiger partial charge in [0, 0.05) is 10.7 Å². The van der Waals surface area contributed by atoms with Crippen LogP contribution in [0.3, 0.4) is 0 Å². The minimum Gasteiger partial charge on any atom is -0.486 e. The lowest BCUT2D eigenvalue weighted by atomic mass is 10.2. The SMILES string of the molecule is O=S(Cc1ccc(Cl)cc1)c1nnc(COc2cccc(C(F)(F)F)c2)n1-c1ccccc1. The monoisotopic (exact) mass is 491 g/mol. The van der Waals surface area contributed by atoms with Crippen LogP contribution in [0.15, 0.2) is 84.0 Å². The van der Waals surface area contributed by atoms with Gasteiger partial charge in [0.15, 0.2) is 5.82 Å². The maximum atomic E-state index is 13.1. The highest BCUT2D eigenvalue weighted by molar-refractivity contribution is 7.84. The molecule has 0 saturated heterocycles. The Labute approximate surface area is 195 Å². The summed E-state index contributed by atoms with van der Waals surface area (Å²) in [5.74, 6) is 0.533. The van der Waals surface area contributed by atoms with Crippen LogP contribution in [0, 0.1) is 0 Å². The van der Waals surface area contributed by atoms with Crippen LogP contribution in [0.25, 0.3) is 5.69 Å². The molecule has 4 aromatic rings. The molecule has 4 rings (SSSR count). The number of alkyl halides is 3. The van der Waals surface area contributed by atoms with Gasteiger partial charge in [-0.15, -0.1) is 10.2 Å². The molecule has 0 radical (unpaired) electrons. The molecule has 5 nitrogen and oxygen atoms in total. The highest BCUT2D eigenvalue weighted by Crippen LogP contribution is 2.31.